The molecule has 144 valence electrons. The smallest absolute Gasteiger partial charge is 0.227 e. The Morgan fingerprint density at radius 3 is 2.44 bits per heavy atom. The van der Waals surface area contributed by atoms with E-state index in [-0.39, 0.29) is 12.1 Å². The van der Waals surface area contributed by atoms with E-state index in [1.54, 1.807) is 18.5 Å². The van der Waals surface area contributed by atoms with Crippen molar-refractivity contribution in [1.29, 1.82) is 0 Å². The highest BCUT2D eigenvalue weighted by atomic mass is 35.5. The van der Waals surface area contributed by atoms with Crippen LogP contribution in [-0.2, 0) is 0 Å². The molecular weight excluding hydrogens is 362 g/mol. The van der Waals surface area contributed by atoms with Gasteiger partial charge >= 0.3 is 0 Å². The van der Waals surface area contributed by atoms with Crippen LogP contribution in [0.4, 0.5) is 23.1 Å². The molecule has 2 heterocycles. The third-order valence-electron chi connectivity index (χ3n) is 4.52. The molecule has 3 aromatic rings. The van der Waals surface area contributed by atoms with Crippen LogP contribution in [0, 0.1) is 5.92 Å². The highest BCUT2D eigenvalue weighted by Gasteiger charge is 2.17. The molecule has 0 amide bonds. The van der Waals surface area contributed by atoms with Crippen LogP contribution in [0.5, 0.6) is 0 Å². The standard InChI is InChI=1S/C19H26ClN7/c1-10(2)12(5)23-19-25-17(24-15-7-13(20)6-14(21)8-15)16-18(26-19)27(9-22-16)11(3)4/h6-12H,21H2,1-5H3,(H2,23,24,25,26). The number of benzene rings is 1. The summed E-state index contributed by atoms with van der Waals surface area (Å²) in [5.41, 5.74) is 8.71. The average molecular weight is 388 g/mol. The summed E-state index contributed by atoms with van der Waals surface area (Å²) in [6, 6.07) is 5.77. The first-order valence-corrected chi connectivity index (χ1v) is 9.46. The van der Waals surface area contributed by atoms with Crippen LogP contribution in [0.3, 0.4) is 0 Å². The summed E-state index contributed by atoms with van der Waals surface area (Å²) >= 11 is 6.13. The maximum Gasteiger partial charge on any atom is 0.227 e. The molecule has 7 nitrogen and oxygen atoms in total. The third-order valence-corrected chi connectivity index (χ3v) is 4.74. The first-order chi connectivity index (χ1) is 12.7. The number of rotatable bonds is 6. The molecule has 0 spiro atoms. The van der Waals surface area contributed by atoms with E-state index < -0.39 is 0 Å². The van der Waals surface area contributed by atoms with E-state index in [4.69, 9.17) is 22.3 Å². The van der Waals surface area contributed by atoms with Gasteiger partial charge in [-0.2, -0.15) is 9.97 Å². The summed E-state index contributed by atoms with van der Waals surface area (Å²) in [7, 11) is 0. The summed E-state index contributed by atoms with van der Waals surface area (Å²) in [5.74, 6) is 1.62. The lowest BCUT2D eigenvalue weighted by molar-refractivity contribution is 0.556. The molecule has 1 atom stereocenters. The summed E-state index contributed by atoms with van der Waals surface area (Å²) < 4.78 is 2.03. The van der Waals surface area contributed by atoms with Gasteiger partial charge in [-0.3, -0.25) is 0 Å². The van der Waals surface area contributed by atoms with E-state index in [2.05, 4.69) is 55.2 Å². The Balaban J connectivity index is 2.08. The van der Waals surface area contributed by atoms with Crippen LogP contribution >= 0.6 is 11.6 Å². The van der Waals surface area contributed by atoms with Crippen molar-refractivity contribution >= 4 is 45.9 Å². The fourth-order valence-electron chi connectivity index (χ4n) is 2.64. The van der Waals surface area contributed by atoms with Crippen LogP contribution in [0.15, 0.2) is 24.5 Å². The van der Waals surface area contributed by atoms with Crippen LogP contribution in [-0.4, -0.2) is 25.6 Å². The first kappa shape index (κ1) is 19.2. The number of hydrogen-bond acceptors (Lipinski definition) is 6. The molecule has 4 N–H and O–H groups in total. The van der Waals surface area contributed by atoms with Crippen LogP contribution in [0.2, 0.25) is 5.02 Å². The van der Waals surface area contributed by atoms with Gasteiger partial charge in [0.25, 0.3) is 0 Å². The van der Waals surface area contributed by atoms with Gasteiger partial charge in [-0.05, 0) is 44.9 Å². The van der Waals surface area contributed by atoms with E-state index in [1.807, 2.05) is 10.6 Å². The highest BCUT2D eigenvalue weighted by molar-refractivity contribution is 6.31. The van der Waals surface area contributed by atoms with Crippen molar-refractivity contribution in [1.82, 2.24) is 19.5 Å². The van der Waals surface area contributed by atoms with Gasteiger partial charge in [-0.15, -0.1) is 0 Å². The Kier molecular flexibility index (Phi) is 5.41. The molecule has 2 aromatic heterocycles. The van der Waals surface area contributed by atoms with Gasteiger partial charge in [0.05, 0.1) is 6.33 Å². The van der Waals surface area contributed by atoms with Gasteiger partial charge in [0.15, 0.2) is 17.0 Å². The summed E-state index contributed by atoms with van der Waals surface area (Å²) in [6.07, 6.45) is 1.79. The normalized spacial score (nSPS) is 12.7. The maximum absolute atomic E-state index is 6.13. The van der Waals surface area contributed by atoms with Gasteiger partial charge in [0, 0.05) is 28.5 Å². The lowest BCUT2D eigenvalue weighted by Crippen LogP contribution is -2.23. The number of nitrogens with one attached hydrogen (secondary N) is 2. The average Bonchev–Trinajstić information content (AvgIpc) is 2.98. The van der Waals surface area contributed by atoms with Gasteiger partial charge in [-0.1, -0.05) is 25.4 Å². The molecule has 0 radical (unpaired) electrons. The highest BCUT2D eigenvalue weighted by Crippen LogP contribution is 2.28. The monoisotopic (exact) mass is 387 g/mol. The topological polar surface area (TPSA) is 93.7 Å². The molecule has 0 aliphatic heterocycles. The molecule has 0 saturated heterocycles. The van der Waals surface area contributed by atoms with E-state index in [9.17, 15) is 0 Å². The zero-order chi connectivity index (χ0) is 19.7. The summed E-state index contributed by atoms with van der Waals surface area (Å²) in [4.78, 5) is 13.9. The second-order valence-corrected chi connectivity index (χ2v) is 7.83. The molecule has 0 bridgehead atoms. The zero-order valence-corrected chi connectivity index (χ0v) is 17.0. The van der Waals surface area contributed by atoms with Crippen molar-refractivity contribution in [2.75, 3.05) is 16.4 Å². The SMILES string of the molecule is CC(C)C(C)Nc1nc(Nc2cc(N)cc(Cl)c2)c2ncn(C(C)C)c2n1. The number of aromatic nitrogens is 4. The van der Waals surface area contributed by atoms with Gasteiger partial charge in [0.2, 0.25) is 5.95 Å². The van der Waals surface area contributed by atoms with Crippen molar-refractivity contribution < 1.29 is 0 Å². The number of nitrogens with two attached hydrogens (primary N) is 1. The number of nitrogen functional groups attached to an aromatic ring is 1. The second-order valence-electron chi connectivity index (χ2n) is 7.39. The zero-order valence-electron chi connectivity index (χ0n) is 16.3. The molecule has 0 aliphatic carbocycles. The molecular formula is C19H26ClN7. The van der Waals surface area contributed by atoms with Gasteiger partial charge in [-0.25, -0.2) is 4.98 Å². The predicted molar refractivity (Wildman–Crippen MR) is 113 cm³/mol. The molecule has 0 fully saturated rings. The van der Waals surface area contributed by atoms with Crippen LogP contribution < -0.4 is 16.4 Å². The number of anilines is 4. The quantitative estimate of drug-likeness (QED) is 0.524. The molecule has 3 rings (SSSR count). The first-order valence-electron chi connectivity index (χ1n) is 9.08. The molecule has 0 saturated carbocycles. The number of imidazole rings is 1. The Hall–Kier alpha value is -2.54. The minimum atomic E-state index is 0.229. The lowest BCUT2D eigenvalue weighted by atomic mass is 10.1. The predicted octanol–water partition coefficient (Wildman–Crippen LogP) is 4.84. The summed E-state index contributed by atoms with van der Waals surface area (Å²) in [5, 5.41) is 7.23. The van der Waals surface area contributed by atoms with Crippen LogP contribution in [0.25, 0.3) is 11.2 Å². The van der Waals surface area contributed by atoms with Crippen molar-refractivity contribution in [3.05, 3.63) is 29.5 Å². The van der Waals surface area contributed by atoms with E-state index in [0.29, 0.717) is 33.9 Å². The molecule has 0 aliphatic rings. The Labute approximate surface area is 164 Å². The maximum atomic E-state index is 6.13. The summed E-state index contributed by atoms with van der Waals surface area (Å²) in [6.45, 7) is 10.6. The van der Waals surface area contributed by atoms with E-state index in [0.717, 1.165) is 11.3 Å². The minimum Gasteiger partial charge on any atom is -0.399 e. The van der Waals surface area contributed by atoms with Gasteiger partial charge < -0.3 is 20.9 Å². The Bertz CT molecular complexity index is 928. The Morgan fingerprint density at radius 2 is 1.81 bits per heavy atom. The molecule has 8 heteroatoms. The number of halogens is 1. The van der Waals surface area contributed by atoms with Crippen LogP contribution in [0.1, 0.15) is 40.7 Å². The fraction of sp³-hybridized carbons (Fsp3) is 0.421. The second kappa shape index (κ2) is 7.60. The molecule has 1 unspecified atom stereocenters. The van der Waals surface area contributed by atoms with Gasteiger partial charge in [0.1, 0.15) is 0 Å². The van der Waals surface area contributed by atoms with Crippen molar-refractivity contribution in [3.63, 3.8) is 0 Å². The van der Waals surface area contributed by atoms with Crippen molar-refractivity contribution in [2.45, 2.75) is 46.7 Å². The molecule has 1 aromatic carbocycles. The largest absolute Gasteiger partial charge is 0.399 e. The fourth-order valence-corrected chi connectivity index (χ4v) is 2.88. The van der Waals surface area contributed by atoms with E-state index >= 15 is 0 Å². The Morgan fingerprint density at radius 1 is 1.07 bits per heavy atom. The van der Waals surface area contributed by atoms with Crippen molar-refractivity contribution in [2.24, 2.45) is 5.92 Å². The number of nitrogens with zero attached hydrogens (tertiary/aromatic N) is 4. The minimum absolute atomic E-state index is 0.229. The number of hydrogen-bond donors (Lipinski definition) is 3. The lowest BCUT2D eigenvalue weighted by Gasteiger charge is -2.18. The molecule has 27 heavy (non-hydrogen) atoms. The van der Waals surface area contributed by atoms with Crippen molar-refractivity contribution in [3.8, 4) is 0 Å². The third kappa shape index (κ3) is 4.24. The van der Waals surface area contributed by atoms with E-state index in [1.165, 1.54) is 0 Å². The number of fused-ring (bicyclic) bond motifs is 1.